The van der Waals surface area contributed by atoms with Gasteiger partial charge in [0.25, 0.3) is 5.91 Å². The molecule has 2 aliphatic heterocycles. The molecule has 1 fully saturated rings. The van der Waals surface area contributed by atoms with Gasteiger partial charge in [0.1, 0.15) is 31.0 Å². The van der Waals surface area contributed by atoms with Gasteiger partial charge in [-0.2, -0.15) is 0 Å². The minimum absolute atomic E-state index is 0.0537. The molecule has 0 bridgehead atoms. The van der Waals surface area contributed by atoms with Gasteiger partial charge in [-0.05, 0) is 30.9 Å². The van der Waals surface area contributed by atoms with Crippen LogP contribution in [-0.2, 0) is 17.7 Å². The number of carbonyl (C=O) groups excluding carboxylic acids is 1. The van der Waals surface area contributed by atoms with Crippen LogP contribution in [0.2, 0.25) is 0 Å². The summed E-state index contributed by atoms with van der Waals surface area (Å²) in [5, 5.41) is 13.9. The number of amides is 1. The van der Waals surface area contributed by atoms with Gasteiger partial charge in [-0.3, -0.25) is 4.79 Å². The van der Waals surface area contributed by atoms with E-state index in [4.69, 9.17) is 4.74 Å². The molecule has 26 heavy (non-hydrogen) atoms. The average molecular weight is 358 g/mol. The predicted octanol–water partition coefficient (Wildman–Crippen LogP) is 0.373. The third kappa shape index (κ3) is 3.24. The minimum atomic E-state index is -0.503. The van der Waals surface area contributed by atoms with E-state index in [0.717, 1.165) is 61.1 Å². The molecule has 1 aromatic heterocycles. The van der Waals surface area contributed by atoms with Crippen molar-refractivity contribution in [1.82, 2.24) is 9.47 Å². The molecule has 2 aromatic rings. The Kier molecular flexibility index (Phi) is 4.98. The van der Waals surface area contributed by atoms with E-state index >= 15 is 0 Å². The monoisotopic (exact) mass is 358 g/mol. The second-order valence-corrected chi connectivity index (χ2v) is 7.48. The number of nitrogens with two attached hydrogens (primary N) is 1. The van der Waals surface area contributed by atoms with Gasteiger partial charge in [-0.1, -0.05) is 18.2 Å². The number of ether oxygens (including phenoxy) is 1. The lowest BCUT2D eigenvalue weighted by Gasteiger charge is -2.25. The first-order valence-electron chi connectivity index (χ1n) is 9.62. The summed E-state index contributed by atoms with van der Waals surface area (Å²) < 4.78 is 7.65. The van der Waals surface area contributed by atoms with Crippen molar-refractivity contribution in [2.45, 2.75) is 38.0 Å². The molecule has 6 nitrogen and oxygen atoms in total. The van der Waals surface area contributed by atoms with Gasteiger partial charge >= 0.3 is 0 Å². The molecule has 2 atom stereocenters. The number of aliphatic hydroxyl groups excluding tert-OH is 1. The Bertz CT molecular complexity index is 795. The Morgan fingerprint density at radius 1 is 1.38 bits per heavy atom. The summed E-state index contributed by atoms with van der Waals surface area (Å²) in [4.78, 5) is 14.5. The van der Waals surface area contributed by atoms with Crippen molar-refractivity contribution in [2.75, 3.05) is 33.3 Å². The minimum Gasteiger partial charge on any atom is -0.385 e. The molecule has 3 N–H and O–H groups in total. The van der Waals surface area contributed by atoms with Crippen molar-refractivity contribution in [3.63, 3.8) is 0 Å². The third-order valence-corrected chi connectivity index (χ3v) is 5.61. The fraction of sp³-hybridized carbons (Fsp3) is 0.550. The Labute approximate surface area is 153 Å². The Balaban J connectivity index is 1.53. The van der Waals surface area contributed by atoms with Crippen molar-refractivity contribution < 1.29 is 20.0 Å². The van der Waals surface area contributed by atoms with Crippen LogP contribution in [-0.4, -0.2) is 66.0 Å². The molecule has 2 aliphatic rings. The van der Waals surface area contributed by atoms with Gasteiger partial charge in [-0.15, -0.1) is 0 Å². The van der Waals surface area contributed by atoms with Gasteiger partial charge < -0.3 is 24.6 Å². The number of aromatic nitrogens is 1. The van der Waals surface area contributed by atoms with Crippen molar-refractivity contribution in [3.8, 4) is 0 Å². The van der Waals surface area contributed by atoms with Gasteiger partial charge in [0.05, 0.1) is 6.54 Å². The second kappa shape index (κ2) is 7.39. The molecule has 140 valence electrons. The van der Waals surface area contributed by atoms with E-state index in [0.29, 0.717) is 19.2 Å². The number of carbonyl (C=O) groups is 1. The maximum atomic E-state index is 12.8. The second-order valence-electron chi connectivity index (χ2n) is 7.48. The zero-order chi connectivity index (χ0) is 18.1. The quantitative estimate of drug-likeness (QED) is 0.784. The highest BCUT2D eigenvalue weighted by Crippen LogP contribution is 2.30. The summed E-state index contributed by atoms with van der Waals surface area (Å²) in [6, 6.07) is 8.14. The summed E-state index contributed by atoms with van der Waals surface area (Å²) in [7, 11) is 1.85. The van der Waals surface area contributed by atoms with E-state index in [1.54, 1.807) is 4.90 Å². The van der Waals surface area contributed by atoms with Crippen LogP contribution in [0.25, 0.3) is 10.9 Å². The van der Waals surface area contributed by atoms with Crippen molar-refractivity contribution >= 4 is 16.8 Å². The smallest absolute Gasteiger partial charge is 0.270 e. The number of nitrogens with zero attached hydrogens (tertiary/aromatic N) is 2. The maximum Gasteiger partial charge on any atom is 0.270 e. The standard InChI is InChI=1S/C20H27N3O3/c1-22-9-8-17-16-6-2-3-7-18(16)23(19(17)20(22)25)13-14(24)11-21-12-15-5-4-10-26-15/h2-3,6-7,14-15,21,24H,4-5,8-13H2,1H3/p+1/t14-,15+/m0/s1. The predicted molar refractivity (Wildman–Crippen MR) is 99.2 cm³/mol. The molecule has 6 heteroatoms. The lowest BCUT2D eigenvalue weighted by molar-refractivity contribution is -0.666. The summed E-state index contributed by atoms with van der Waals surface area (Å²) in [5.41, 5.74) is 2.91. The Hall–Kier alpha value is -1.89. The summed E-state index contributed by atoms with van der Waals surface area (Å²) in [5.74, 6) is 0.0537. The first-order chi connectivity index (χ1) is 12.6. The van der Waals surface area contributed by atoms with Crippen LogP contribution in [0.4, 0.5) is 0 Å². The Morgan fingerprint density at radius 2 is 2.23 bits per heavy atom. The van der Waals surface area contributed by atoms with Crippen molar-refractivity contribution in [2.24, 2.45) is 0 Å². The molecule has 1 amide bonds. The summed E-state index contributed by atoms with van der Waals surface area (Å²) in [6.45, 7) is 3.56. The molecule has 3 heterocycles. The van der Waals surface area contributed by atoms with E-state index in [-0.39, 0.29) is 5.91 Å². The van der Waals surface area contributed by atoms with E-state index in [1.165, 1.54) is 0 Å². The van der Waals surface area contributed by atoms with Crippen LogP contribution < -0.4 is 5.32 Å². The molecule has 0 spiro atoms. The van der Waals surface area contributed by atoms with Crippen LogP contribution in [0.15, 0.2) is 24.3 Å². The van der Waals surface area contributed by atoms with Crippen LogP contribution in [0.1, 0.15) is 28.9 Å². The highest BCUT2D eigenvalue weighted by molar-refractivity contribution is 6.02. The van der Waals surface area contributed by atoms with Gasteiger partial charge in [-0.25, -0.2) is 0 Å². The zero-order valence-electron chi connectivity index (χ0n) is 15.4. The number of benzene rings is 1. The summed E-state index contributed by atoms with van der Waals surface area (Å²) in [6.07, 6.45) is 2.93. The third-order valence-electron chi connectivity index (χ3n) is 5.61. The van der Waals surface area contributed by atoms with Crippen LogP contribution in [0.3, 0.4) is 0 Å². The van der Waals surface area contributed by atoms with Gasteiger partial charge in [0.2, 0.25) is 0 Å². The topological polar surface area (TPSA) is 71.3 Å². The van der Waals surface area contributed by atoms with Crippen LogP contribution >= 0.6 is 0 Å². The van der Waals surface area contributed by atoms with Gasteiger partial charge in [0, 0.05) is 31.1 Å². The fourth-order valence-electron chi connectivity index (χ4n) is 4.21. The zero-order valence-corrected chi connectivity index (χ0v) is 15.4. The largest absolute Gasteiger partial charge is 0.385 e. The number of aliphatic hydroxyl groups is 1. The molecule has 1 saturated heterocycles. The molecule has 0 aliphatic carbocycles. The Morgan fingerprint density at radius 3 is 3.04 bits per heavy atom. The number of rotatable bonds is 6. The highest BCUT2D eigenvalue weighted by Gasteiger charge is 2.29. The number of hydrogen-bond donors (Lipinski definition) is 2. The molecule has 4 rings (SSSR count). The van der Waals surface area contributed by atoms with E-state index in [2.05, 4.69) is 11.4 Å². The van der Waals surface area contributed by atoms with E-state index in [9.17, 15) is 9.90 Å². The number of fused-ring (bicyclic) bond motifs is 3. The van der Waals surface area contributed by atoms with Crippen LogP contribution in [0.5, 0.6) is 0 Å². The first kappa shape index (κ1) is 17.5. The van der Waals surface area contributed by atoms with Crippen molar-refractivity contribution in [1.29, 1.82) is 0 Å². The summed E-state index contributed by atoms with van der Waals surface area (Å²) >= 11 is 0. The highest BCUT2D eigenvalue weighted by atomic mass is 16.5. The van der Waals surface area contributed by atoms with Crippen molar-refractivity contribution in [3.05, 3.63) is 35.5 Å². The molecule has 0 radical (unpaired) electrons. The van der Waals surface area contributed by atoms with Crippen LogP contribution in [0, 0.1) is 0 Å². The normalized spacial score (nSPS) is 21.4. The molecule has 1 aromatic carbocycles. The number of hydrogen-bond acceptors (Lipinski definition) is 3. The number of likely N-dealkylation sites (N-methyl/N-ethyl adjacent to an activating group) is 1. The first-order valence-corrected chi connectivity index (χ1v) is 9.62. The number of quaternary nitrogens is 1. The maximum absolute atomic E-state index is 12.8. The lowest BCUT2D eigenvalue weighted by atomic mass is 10.0. The SMILES string of the molecule is CN1CCc2c(n(C[C@@H](O)C[NH2+]C[C@H]3CCCO3)c3ccccc23)C1=O. The molecule has 0 saturated carbocycles. The number of para-hydroxylation sites is 1. The van der Waals surface area contributed by atoms with E-state index in [1.807, 2.05) is 29.8 Å². The van der Waals surface area contributed by atoms with Gasteiger partial charge in [0.15, 0.2) is 0 Å². The fourth-order valence-corrected chi connectivity index (χ4v) is 4.21. The molecular formula is C20H28N3O3+. The average Bonchev–Trinajstić information content (AvgIpc) is 3.26. The molecule has 0 unspecified atom stereocenters. The molecular weight excluding hydrogens is 330 g/mol. The van der Waals surface area contributed by atoms with E-state index < -0.39 is 6.10 Å². The lowest BCUT2D eigenvalue weighted by Crippen LogP contribution is -2.88.